The van der Waals surface area contributed by atoms with Crippen LogP contribution in [-0.4, -0.2) is 22.1 Å². The van der Waals surface area contributed by atoms with Gasteiger partial charge in [-0.3, -0.25) is 19.1 Å². The number of carbonyl (C=O) groups excluding carboxylic acids is 1. The number of ether oxygens (including phenoxy) is 1. The molecule has 0 fully saturated rings. The molecule has 1 amide bonds. The van der Waals surface area contributed by atoms with Crippen LogP contribution in [0.25, 0.3) is 21.9 Å². The fourth-order valence-electron chi connectivity index (χ4n) is 3.60. The number of hydrogen-bond acceptors (Lipinski definition) is 5. The zero-order chi connectivity index (χ0) is 22.0. The number of hydrogen-bond donors (Lipinski definition) is 2. The molecule has 2 N–H and O–H groups in total. The predicted molar refractivity (Wildman–Crippen MR) is 117 cm³/mol. The molecule has 0 spiro atoms. The third-order valence-corrected chi connectivity index (χ3v) is 5.10. The average molecular weight is 421 g/mol. The van der Waals surface area contributed by atoms with E-state index >= 15 is 0 Å². The highest BCUT2D eigenvalue weighted by Crippen LogP contribution is 2.31. The topological polar surface area (TPSA) is 106 Å². The number of amides is 1. The van der Waals surface area contributed by atoms with Crippen LogP contribution in [0.1, 0.15) is 32.1 Å². The van der Waals surface area contributed by atoms with Crippen molar-refractivity contribution in [2.24, 2.45) is 0 Å². The zero-order valence-electron chi connectivity index (χ0n) is 17.3. The summed E-state index contributed by atoms with van der Waals surface area (Å²) in [5.74, 6) is 1.04. The molecular formula is C23H23N3O5. The van der Waals surface area contributed by atoms with E-state index in [0.717, 1.165) is 5.39 Å². The van der Waals surface area contributed by atoms with Gasteiger partial charge in [-0.2, -0.15) is 0 Å². The Hall–Kier alpha value is -3.81. The number of rotatable bonds is 7. The van der Waals surface area contributed by atoms with Crippen LogP contribution in [-0.2, 0) is 11.3 Å². The van der Waals surface area contributed by atoms with Crippen LogP contribution < -0.4 is 21.3 Å². The normalized spacial score (nSPS) is 12.2. The Morgan fingerprint density at radius 1 is 1.19 bits per heavy atom. The maximum atomic E-state index is 12.5. The van der Waals surface area contributed by atoms with E-state index in [1.54, 1.807) is 24.3 Å². The second kappa shape index (κ2) is 8.51. The second-order valence-corrected chi connectivity index (χ2v) is 7.22. The lowest BCUT2D eigenvalue weighted by atomic mass is 10.2. The molecule has 2 heterocycles. The van der Waals surface area contributed by atoms with Crippen molar-refractivity contribution in [3.8, 4) is 5.75 Å². The lowest BCUT2D eigenvalue weighted by Gasteiger charge is -2.13. The van der Waals surface area contributed by atoms with E-state index in [0.29, 0.717) is 34.6 Å². The highest BCUT2D eigenvalue weighted by molar-refractivity contribution is 5.84. The van der Waals surface area contributed by atoms with Crippen molar-refractivity contribution >= 4 is 27.8 Å². The molecular weight excluding hydrogens is 398 g/mol. The van der Waals surface area contributed by atoms with Crippen molar-refractivity contribution in [3.63, 3.8) is 0 Å². The maximum absolute atomic E-state index is 12.5. The second-order valence-electron chi connectivity index (χ2n) is 7.22. The van der Waals surface area contributed by atoms with Gasteiger partial charge in [0.2, 0.25) is 5.91 Å². The van der Waals surface area contributed by atoms with E-state index in [9.17, 15) is 14.4 Å². The van der Waals surface area contributed by atoms with E-state index in [1.165, 1.54) is 4.57 Å². The molecule has 160 valence electrons. The molecule has 0 unspecified atom stereocenters. The van der Waals surface area contributed by atoms with Gasteiger partial charge in [-0.25, -0.2) is 4.79 Å². The fourth-order valence-corrected chi connectivity index (χ4v) is 3.60. The highest BCUT2D eigenvalue weighted by atomic mass is 16.5. The number of fused-ring (bicyclic) bond motifs is 2. The highest BCUT2D eigenvalue weighted by Gasteiger charge is 2.17. The maximum Gasteiger partial charge on any atom is 0.328 e. The van der Waals surface area contributed by atoms with Crippen LogP contribution >= 0.6 is 0 Å². The third kappa shape index (κ3) is 4.09. The average Bonchev–Trinajstić information content (AvgIpc) is 3.19. The van der Waals surface area contributed by atoms with Gasteiger partial charge in [0.05, 0.1) is 23.6 Å². The molecule has 1 atom stereocenters. The van der Waals surface area contributed by atoms with Gasteiger partial charge in [-0.15, -0.1) is 0 Å². The van der Waals surface area contributed by atoms with Gasteiger partial charge in [0.1, 0.15) is 5.76 Å². The SMILES string of the molecule is CCOc1cccc2cc([C@@H](C)NC(=O)CCn3c(=O)[nH]c(=O)c4ccccc43)oc12. The number of nitrogens with zero attached hydrogens (tertiary/aromatic N) is 1. The van der Waals surface area contributed by atoms with Crippen LogP contribution in [0.3, 0.4) is 0 Å². The molecule has 31 heavy (non-hydrogen) atoms. The lowest BCUT2D eigenvalue weighted by molar-refractivity contribution is -0.122. The minimum absolute atomic E-state index is 0.0741. The number of para-hydroxylation sites is 2. The van der Waals surface area contributed by atoms with Gasteiger partial charge >= 0.3 is 5.69 Å². The largest absolute Gasteiger partial charge is 0.490 e. The number of H-pyrrole nitrogens is 1. The number of aromatic amines is 1. The first-order chi connectivity index (χ1) is 15.0. The molecule has 0 aliphatic carbocycles. The Bertz CT molecular complexity index is 1370. The van der Waals surface area contributed by atoms with Crippen molar-refractivity contribution in [2.45, 2.75) is 32.9 Å². The fraction of sp³-hybridized carbons (Fsp3) is 0.261. The summed E-state index contributed by atoms with van der Waals surface area (Å²) in [7, 11) is 0. The van der Waals surface area contributed by atoms with Gasteiger partial charge in [0.25, 0.3) is 5.56 Å². The molecule has 0 aliphatic heterocycles. The summed E-state index contributed by atoms with van der Waals surface area (Å²) in [6.07, 6.45) is 0.0741. The molecule has 8 nitrogen and oxygen atoms in total. The number of aryl methyl sites for hydroxylation is 1. The van der Waals surface area contributed by atoms with Crippen LogP contribution in [0.15, 0.2) is 62.5 Å². The summed E-state index contributed by atoms with van der Waals surface area (Å²) >= 11 is 0. The van der Waals surface area contributed by atoms with E-state index < -0.39 is 11.2 Å². The summed E-state index contributed by atoms with van der Waals surface area (Å²) in [6.45, 7) is 4.41. The molecule has 0 saturated heterocycles. The minimum atomic E-state index is -0.537. The molecule has 0 aliphatic rings. The summed E-state index contributed by atoms with van der Waals surface area (Å²) in [4.78, 5) is 39.0. The van der Waals surface area contributed by atoms with Gasteiger partial charge in [0, 0.05) is 18.4 Å². The van der Waals surface area contributed by atoms with Crippen molar-refractivity contribution in [2.75, 3.05) is 6.61 Å². The minimum Gasteiger partial charge on any atom is -0.490 e. The summed E-state index contributed by atoms with van der Waals surface area (Å²) in [5, 5.41) is 4.20. The van der Waals surface area contributed by atoms with Crippen molar-refractivity contribution in [3.05, 3.63) is 75.1 Å². The van der Waals surface area contributed by atoms with Gasteiger partial charge < -0.3 is 14.5 Å². The monoisotopic (exact) mass is 421 g/mol. The number of aromatic nitrogens is 2. The molecule has 8 heteroatoms. The van der Waals surface area contributed by atoms with Crippen molar-refractivity contribution in [1.82, 2.24) is 14.9 Å². The van der Waals surface area contributed by atoms with Crippen LogP contribution in [0.4, 0.5) is 0 Å². The molecule has 4 rings (SSSR count). The third-order valence-electron chi connectivity index (χ3n) is 5.10. The van der Waals surface area contributed by atoms with Gasteiger partial charge in [0.15, 0.2) is 11.3 Å². The van der Waals surface area contributed by atoms with Crippen LogP contribution in [0.5, 0.6) is 5.75 Å². The Balaban J connectivity index is 1.48. The Labute approximate surface area is 177 Å². The summed E-state index contributed by atoms with van der Waals surface area (Å²) in [5.41, 5.74) is 0.168. The molecule has 0 radical (unpaired) electrons. The molecule has 4 aromatic rings. The Morgan fingerprint density at radius 2 is 2.00 bits per heavy atom. The number of carbonyl (C=O) groups is 1. The zero-order valence-corrected chi connectivity index (χ0v) is 17.3. The Morgan fingerprint density at radius 3 is 2.81 bits per heavy atom. The quantitative estimate of drug-likeness (QED) is 0.477. The molecule has 0 saturated carbocycles. The van der Waals surface area contributed by atoms with E-state index in [-0.39, 0.29) is 24.9 Å². The lowest BCUT2D eigenvalue weighted by Crippen LogP contribution is -2.33. The Kier molecular flexibility index (Phi) is 5.62. The van der Waals surface area contributed by atoms with Gasteiger partial charge in [-0.1, -0.05) is 24.3 Å². The summed E-state index contributed by atoms with van der Waals surface area (Å²) in [6, 6.07) is 14.0. The van der Waals surface area contributed by atoms with E-state index in [1.807, 2.05) is 38.1 Å². The number of furan rings is 1. The van der Waals surface area contributed by atoms with E-state index in [2.05, 4.69) is 10.3 Å². The molecule has 2 aromatic heterocycles. The van der Waals surface area contributed by atoms with Crippen molar-refractivity contribution in [1.29, 1.82) is 0 Å². The number of nitrogens with one attached hydrogen (secondary N) is 2. The van der Waals surface area contributed by atoms with Crippen LogP contribution in [0.2, 0.25) is 0 Å². The first-order valence-electron chi connectivity index (χ1n) is 10.1. The van der Waals surface area contributed by atoms with Crippen LogP contribution in [0, 0.1) is 0 Å². The van der Waals surface area contributed by atoms with Gasteiger partial charge in [-0.05, 0) is 38.1 Å². The smallest absolute Gasteiger partial charge is 0.328 e. The van der Waals surface area contributed by atoms with Crippen molar-refractivity contribution < 1.29 is 13.9 Å². The summed E-state index contributed by atoms with van der Waals surface area (Å²) < 4.78 is 12.9. The first-order valence-corrected chi connectivity index (χ1v) is 10.1. The first kappa shape index (κ1) is 20.5. The predicted octanol–water partition coefficient (Wildman–Crippen LogP) is 3.10. The molecule has 2 aromatic carbocycles. The molecule has 0 bridgehead atoms. The standard InChI is InChI=1S/C23H23N3O5/c1-3-30-18-10-6-7-15-13-19(31-21(15)18)14(2)24-20(27)11-12-26-17-9-5-4-8-16(17)22(28)25-23(26)29/h4-10,13-14H,3,11-12H2,1-2H3,(H,24,27)(H,25,28,29)/t14-/m1/s1. The van der Waals surface area contributed by atoms with E-state index in [4.69, 9.17) is 9.15 Å². The number of benzene rings is 2.